The monoisotopic (exact) mass is 423 g/mol. The predicted octanol–water partition coefficient (Wildman–Crippen LogP) is 4.24. The molecule has 162 valence electrons. The molecular weight excluding hydrogens is 398 g/mol. The second kappa shape index (κ2) is 8.91. The first-order valence-corrected chi connectivity index (χ1v) is 9.89. The van der Waals surface area contributed by atoms with Gasteiger partial charge in [-0.3, -0.25) is 9.48 Å². The smallest absolute Gasteiger partial charge is 0.449 e. The van der Waals surface area contributed by atoms with Gasteiger partial charge < -0.3 is 15.2 Å². The molecule has 31 heavy (non-hydrogen) atoms. The van der Waals surface area contributed by atoms with Crippen molar-refractivity contribution in [2.24, 2.45) is 0 Å². The summed E-state index contributed by atoms with van der Waals surface area (Å²) < 4.78 is 7.14. The number of benzene rings is 2. The highest BCUT2D eigenvalue weighted by atomic mass is 16.7. The number of carbonyl (C=O) groups excluding carboxylic acids is 1. The van der Waals surface area contributed by atoms with Crippen LogP contribution in [0.15, 0.2) is 53.8 Å². The molecule has 2 aromatic carbocycles. The Labute approximate surface area is 179 Å². The lowest BCUT2D eigenvalue weighted by Crippen LogP contribution is -2.38. The highest BCUT2D eigenvalue weighted by Gasteiger charge is 2.22. The number of carbonyl (C=O) groups is 2. The molecule has 3 rings (SSSR count). The molecule has 3 aromatic rings. The highest BCUT2D eigenvalue weighted by molar-refractivity contribution is 5.90. The van der Waals surface area contributed by atoms with Crippen molar-refractivity contribution in [2.45, 2.75) is 39.8 Å². The summed E-state index contributed by atoms with van der Waals surface area (Å²) in [6.45, 7) is 10.2. The van der Waals surface area contributed by atoms with Crippen LogP contribution >= 0.6 is 0 Å². The minimum Gasteiger partial charge on any atom is -0.449 e. The molecule has 0 bridgehead atoms. The molecule has 0 aliphatic rings. The van der Waals surface area contributed by atoms with Crippen molar-refractivity contribution in [2.75, 3.05) is 0 Å². The SMILES string of the molecule is C=CCn1c2c(OC(=O)O)cccc2c(=O)n1C(=O)NCc1c(C)cccc1C(C)C. The van der Waals surface area contributed by atoms with Crippen molar-refractivity contribution in [3.05, 3.63) is 76.1 Å². The molecule has 2 N–H and O–H groups in total. The fraction of sp³-hybridized carbons (Fsp3) is 0.261. The van der Waals surface area contributed by atoms with Gasteiger partial charge in [-0.05, 0) is 41.7 Å². The molecule has 1 heterocycles. The summed E-state index contributed by atoms with van der Waals surface area (Å²) in [6.07, 6.45) is 0.00128. The maximum Gasteiger partial charge on any atom is 0.511 e. The van der Waals surface area contributed by atoms with E-state index in [0.29, 0.717) is 0 Å². The summed E-state index contributed by atoms with van der Waals surface area (Å²) in [5.74, 6) is 0.244. The zero-order valence-electron chi connectivity index (χ0n) is 17.7. The third kappa shape index (κ3) is 4.23. The number of aromatic nitrogens is 2. The van der Waals surface area contributed by atoms with Gasteiger partial charge in [0.25, 0.3) is 5.56 Å². The number of para-hydroxylation sites is 1. The van der Waals surface area contributed by atoms with Gasteiger partial charge in [-0.1, -0.05) is 44.2 Å². The number of hydrogen-bond acceptors (Lipinski definition) is 4. The van der Waals surface area contributed by atoms with Gasteiger partial charge in [-0.25, -0.2) is 9.59 Å². The van der Waals surface area contributed by atoms with Crippen molar-refractivity contribution in [1.82, 2.24) is 14.7 Å². The maximum absolute atomic E-state index is 13.1. The Kier molecular flexibility index (Phi) is 6.29. The number of nitrogens with zero attached hydrogens (tertiary/aromatic N) is 2. The molecule has 1 aromatic heterocycles. The van der Waals surface area contributed by atoms with Gasteiger partial charge in [0.2, 0.25) is 0 Å². The molecule has 0 atom stereocenters. The van der Waals surface area contributed by atoms with E-state index in [0.717, 1.165) is 21.4 Å². The predicted molar refractivity (Wildman–Crippen MR) is 118 cm³/mol. The molecule has 0 radical (unpaired) electrons. The summed E-state index contributed by atoms with van der Waals surface area (Å²) >= 11 is 0. The minimum absolute atomic E-state index is 0.0310. The number of carboxylic acid groups (broad SMARTS) is 1. The van der Waals surface area contributed by atoms with E-state index < -0.39 is 17.7 Å². The van der Waals surface area contributed by atoms with E-state index in [2.05, 4.69) is 25.7 Å². The number of hydrogen-bond donors (Lipinski definition) is 2. The summed E-state index contributed by atoms with van der Waals surface area (Å²) in [5.41, 5.74) is 2.81. The maximum atomic E-state index is 13.1. The first kappa shape index (κ1) is 21.9. The van der Waals surface area contributed by atoms with Crippen LogP contribution in [-0.2, 0) is 13.1 Å². The molecule has 1 amide bonds. The minimum atomic E-state index is -1.51. The third-order valence-corrected chi connectivity index (χ3v) is 5.10. The largest absolute Gasteiger partial charge is 0.511 e. The van der Waals surface area contributed by atoms with Crippen molar-refractivity contribution in [1.29, 1.82) is 0 Å². The van der Waals surface area contributed by atoms with Crippen LogP contribution in [0.4, 0.5) is 9.59 Å². The van der Waals surface area contributed by atoms with Crippen LogP contribution in [0.1, 0.15) is 36.5 Å². The van der Waals surface area contributed by atoms with Crippen LogP contribution in [0.5, 0.6) is 5.75 Å². The second-order valence-electron chi connectivity index (χ2n) is 7.46. The summed E-state index contributed by atoms with van der Waals surface area (Å²) in [6, 6.07) is 9.81. The van der Waals surface area contributed by atoms with Crippen molar-refractivity contribution in [3.8, 4) is 5.75 Å². The molecule has 0 spiro atoms. The zero-order valence-corrected chi connectivity index (χ0v) is 17.7. The number of fused-ring (bicyclic) bond motifs is 1. The Morgan fingerprint density at radius 1 is 1.23 bits per heavy atom. The van der Waals surface area contributed by atoms with E-state index in [1.54, 1.807) is 0 Å². The third-order valence-electron chi connectivity index (χ3n) is 5.10. The number of amides is 1. The molecule has 8 heteroatoms. The molecule has 0 saturated carbocycles. The van der Waals surface area contributed by atoms with Gasteiger partial charge in [0.1, 0.15) is 5.52 Å². The van der Waals surface area contributed by atoms with E-state index in [4.69, 9.17) is 9.84 Å². The van der Waals surface area contributed by atoms with E-state index in [9.17, 15) is 14.4 Å². The summed E-state index contributed by atoms with van der Waals surface area (Å²) in [5, 5.41) is 12.0. The fourth-order valence-electron chi connectivity index (χ4n) is 3.70. The lowest BCUT2D eigenvalue weighted by atomic mass is 9.94. The zero-order chi connectivity index (χ0) is 22.7. The molecule has 0 saturated heterocycles. The fourth-order valence-corrected chi connectivity index (χ4v) is 3.70. The number of allylic oxidation sites excluding steroid dienone is 1. The summed E-state index contributed by atoms with van der Waals surface area (Å²) in [7, 11) is 0. The lowest BCUT2D eigenvalue weighted by Gasteiger charge is -2.17. The number of aryl methyl sites for hydroxylation is 1. The van der Waals surface area contributed by atoms with Crippen molar-refractivity contribution < 1.29 is 19.4 Å². The highest BCUT2D eigenvalue weighted by Crippen LogP contribution is 2.25. The van der Waals surface area contributed by atoms with Crippen LogP contribution in [-0.4, -0.2) is 26.7 Å². The molecule has 0 unspecified atom stereocenters. The molecule has 0 aliphatic heterocycles. The number of rotatable bonds is 6. The number of nitrogens with one attached hydrogen (secondary N) is 1. The van der Waals surface area contributed by atoms with E-state index in [-0.39, 0.29) is 35.7 Å². The van der Waals surface area contributed by atoms with Crippen molar-refractivity contribution in [3.63, 3.8) is 0 Å². The van der Waals surface area contributed by atoms with Gasteiger partial charge in [0, 0.05) is 6.54 Å². The molecule has 0 fully saturated rings. The quantitative estimate of drug-likeness (QED) is 0.351. The normalized spacial score (nSPS) is 11.0. The van der Waals surface area contributed by atoms with Crippen LogP contribution in [0.3, 0.4) is 0 Å². The van der Waals surface area contributed by atoms with Gasteiger partial charge in [-0.2, -0.15) is 4.68 Å². The average Bonchev–Trinajstić information content (AvgIpc) is 2.99. The molecular formula is C23H25N3O5. The van der Waals surface area contributed by atoms with Gasteiger partial charge >= 0.3 is 12.2 Å². The Hall–Kier alpha value is -3.81. The number of ether oxygens (including phenoxy) is 1. The van der Waals surface area contributed by atoms with Gasteiger partial charge in [0.05, 0.1) is 11.9 Å². The first-order chi connectivity index (χ1) is 14.8. The lowest BCUT2D eigenvalue weighted by molar-refractivity contribution is 0.145. The molecule has 0 aliphatic carbocycles. The summed E-state index contributed by atoms with van der Waals surface area (Å²) in [4.78, 5) is 37.1. The Morgan fingerprint density at radius 2 is 1.94 bits per heavy atom. The second-order valence-corrected chi connectivity index (χ2v) is 7.46. The van der Waals surface area contributed by atoms with E-state index in [1.165, 1.54) is 29.0 Å². The van der Waals surface area contributed by atoms with Crippen LogP contribution in [0.2, 0.25) is 0 Å². The Morgan fingerprint density at radius 3 is 2.58 bits per heavy atom. The van der Waals surface area contributed by atoms with E-state index >= 15 is 0 Å². The van der Waals surface area contributed by atoms with Gasteiger partial charge in [0.15, 0.2) is 5.75 Å². The Balaban J connectivity index is 2.05. The van der Waals surface area contributed by atoms with Crippen LogP contribution < -0.4 is 15.6 Å². The first-order valence-electron chi connectivity index (χ1n) is 9.89. The average molecular weight is 423 g/mol. The van der Waals surface area contributed by atoms with E-state index in [1.807, 2.05) is 25.1 Å². The Bertz CT molecular complexity index is 1220. The standard InChI is InChI=1S/C23H25N3O5/c1-5-12-25-20-17(10-7-11-19(20)31-23(29)30)21(27)26(25)22(28)24-13-18-15(4)8-6-9-16(18)14(2)3/h5-11,14H,1,12-13H2,2-4H3,(H,24,28)(H,29,30). The topological polar surface area (TPSA) is 103 Å². The van der Waals surface area contributed by atoms with Crippen LogP contribution in [0, 0.1) is 6.92 Å². The van der Waals surface area contributed by atoms with Gasteiger partial charge in [-0.15, -0.1) is 6.58 Å². The van der Waals surface area contributed by atoms with Crippen molar-refractivity contribution >= 4 is 23.1 Å². The molecule has 8 nitrogen and oxygen atoms in total. The van der Waals surface area contributed by atoms with Crippen LogP contribution in [0.25, 0.3) is 10.9 Å².